The van der Waals surface area contributed by atoms with Gasteiger partial charge in [0.05, 0.1) is 19.0 Å². The van der Waals surface area contributed by atoms with Crippen LogP contribution in [0, 0.1) is 5.82 Å². The molecule has 1 aromatic carbocycles. The SMILES string of the molecule is NCCCOc1cnc(-c2ccc(F)cc2)nc1. The average molecular weight is 247 g/mol. The van der Waals surface area contributed by atoms with Gasteiger partial charge in [-0.05, 0) is 37.2 Å². The number of nitrogens with two attached hydrogens (primary N) is 1. The van der Waals surface area contributed by atoms with E-state index in [1.165, 1.54) is 12.1 Å². The minimum absolute atomic E-state index is 0.277. The van der Waals surface area contributed by atoms with Gasteiger partial charge >= 0.3 is 0 Å². The van der Waals surface area contributed by atoms with Crippen LogP contribution in [-0.4, -0.2) is 23.1 Å². The van der Waals surface area contributed by atoms with Crippen molar-refractivity contribution in [3.8, 4) is 17.1 Å². The van der Waals surface area contributed by atoms with E-state index in [9.17, 15) is 4.39 Å². The standard InChI is InChI=1S/C13H14FN3O/c14-11-4-2-10(3-5-11)13-16-8-12(9-17-13)18-7-1-6-15/h2-5,8-9H,1,6-7,15H2. The highest BCUT2D eigenvalue weighted by Gasteiger charge is 2.02. The van der Waals surface area contributed by atoms with Gasteiger partial charge in [0.25, 0.3) is 0 Å². The number of hydrogen-bond donors (Lipinski definition) is 1. The van der Waals surface area contributed by atoms with Crippen LogP contribution in [0.2, 0.25) is 0 Å². The Bertz CT molecular complexity index is 485. The molecule has 0 radical (unpaired) electrons. The second kappa shape index (κ2) is 6.07. The number of nitrogens with zero attached hydrogens (tertiary/aromatic N) is 2. The first-order valence-electron chi connectivity index (χ1n) is 5.70. The molecule has 1 heterocycles. The van der Waals surface area contributed by atoms with Crippen LogP contribution in [0.5, 0.6) is 5.75 Å². The Morgan fingerprint density at radius 1 is 1.11 bits per heavy atom. The van der Waals surface area contributed by atoms with Crippen LogP contribution in [0.15, 0.2) is 36.7 Å². The fourth-order valence-electron chi connectivity index (χ4n) is 1.41. The normalized spacial score (nSPS) is 10.3. The Morgan fingerprint density at radius 2 is 1.78 bits per heavy atom. The van der Waals surface area contributed by atoms with Gasteiger partial charge in [-0.15, -0.1) is 0 Å². The Kier molecular flexibility index (Phi) is 4.20. The molecule has 18 heavy (non-hydrogen) atoms. The first-order valence-corrected chi connectivity index (χ1v) is 5.70. The van der Waals surface area contributed by atoms with Crippen LogP contribution in [0.25, 0.3) is 11.4 Å². The molecule has 2 rings (SSSR count). The molecule has 0 atom stereocenters. The molecule has 0 unspecified atom stereocenters. The molecule has 94 valence electrons. The van der Waals surface area contributed by atoms with Crippen LogP contribution in [0.3, 0.4) is 0 Å². The Morgan fingerprint density at radius 3 is 2.39 bits per heavy atom. The molecule has 2 N–H and O–H groups in total. The molecule has 0 aliphatic rings. The van der Waals surface area contributed by atoms with Crippen LogP contribution >= 0.6 is 0 Å². The number of aromatic nitrogens is 2. The van der Waals surface area contributed by atoms with Crippen molar-refractivity contribution in [2.24, 2.45) is 5.73 Å². The average Bonchev–Trinajstić information content (AvgIpc) is 2.41. The first kappa shape index (κ1) is 12.4. The van der Waals surface area contributed by atoms with Crippen molar-refractivity contribution in [2.75, 3.05) is 13.2 Å². The largest absolute Gasteiger partial charge is 0.490 e. The lowest BCUT2D eigenvalue weighted by Crippen LogP contribution is -2.06. The molecule has 1 aromatic heterocycles. The minimum Gasteiger partial charge on any atom is -0.490 e. The van der Waals surface area contributed by atoms with Crippen molar-refractivity contribution in [1.29, 1.82) is 0 Å². The summed E-state index contributed by atoms with van der Waals surface area (Å²) in [6.45, 7) is 1.14. The topological polar surface area (TPSA) is 61.0 Å². The van der Waals surface area contributed by atoms with E-state index >= 15 is 0 Å². The molecule has 0 bridgehead atoms. The van der Waals surface area contributed by atoms with Gasteiger partial charge in [0.2, 0.25) is 0 Å². The Balaban J connectivity index is 2.05. The van der Waals surface area contributed by atoms with Gasteiger partial charge in [0, 0.05) is 5.56 Å². The van der Waals surface area contributed by atoms with Crippen molar-refractivity contribution in [1.82, 2.24) is 9.97 Å². The van der Waals surface area contributed by atoms with Gasteiger partial charge in [0.1, 0.15) is 5.82 Å². The molecular weight excluding hydrogens is 233 g/mol. The van der Waals surface area contributed by atoms with Crippen molar-refractivity contribution in [2.45, 2.75) is 6.42 Å². The van der Waals surface area contributed by atoms with Crippen LogP contribution in [0.4, 0.5) is 4.39 Å². The predicted octanol–water partition coefficient (Wildman–Crippen LogP) is 2.01. The molecule has 0 aliphatic carbocycles. The Labute approximate surface area is 105 Å². The predicted molar refractivity (Wildman–Crippen MR) is 66.6 cm³/mol. The molecule has 0 spiro atoms. The second-order valence-corrected chi connectivity index (χ2v) is 3.74. The van der Waals surface area contributed by atoms with Gasteiger partial charge in [-0.25, -0.2) is 14.4 Å². The zero-order valence-corrected chi connectivity index (χ0v) is 9.84. The number of rotatable bonds is 5. The molecule has 2 aromatic rings. The quantitative estimate of drug-likeness (QED) is 0.821. The zero-order valence-electron chi connectivity index (χ0n) is 9.84. The molecule has 0 saturated carbocycles. The fraction of sp³-hybridized carbons (Fsp3) is 0.231. The van der Waals surface area contributed by atoms with E-state index in [1.54, 1.807) is 24.5 Å². The fourth-order valence-corrected chi connectivity index (χ4v) is 1.41. The first-order chi connectivity index (χ1) is 8.79. The number of hydrogen-bond acceptors (Lipinski definition) is 4. The number of ether oxygens (including phenoxy) is 1. The summed E-state index contributed by atoms with van der Waals surface area (Å²) in [4.78, 5) is 8.34. The van der Waals surface area contributed by atoms with Crippen LogP contribution in [-0.2, 0) is 0 Å². The summed E-state index contributed by atoms with van der Waals surface area (Å²) >= 11 is 0. The maximum Gasteiger partial charge on any atom is 0.159 e. The monoisotopic (exact) mass is 247 g/mol. The minimum atomic E-state index is -0.277. The van der Waals surface area contributed by atoms with Gasteiger partial charge in [-0.3, -0.25) is 0 Å². The third-order valence-corrected chi connectivity index (χ3v) is 2.35. The van der Waals surface area contributed by atoms with E-state index in [0.29, 0.717) is 24.7 Å². The molecular formula is C13H14FN3O. The maximum absolute atomic E-state index is 12.8. The molecule has 0 saturated heterocycles. The van der Waals surface area contributed by atoms with Gasteiger partial charge in [-0.1, -0.05) is 0 Å². The lowest BCUT2D eigenvalue weighted by molar-refractivity contribution is 0.311. The molecule has 0 amide bonds. The highest BCUT2D eigenvalue weighted by Crippen LogP contribution is 2.16. The summed E-state index contributed by atoms with van der Waals surface area (Å²) in [6.07, 6.45) is 3.99. The molecule has 0 fully saturated rings. The second-order valence-electron chi connectivity index (χ2n) is 3.74. The highest BCUT2D eigenvalue weighted by molar-refractivity contribution is 5.54. The number of benzene rings is 1. The van der Waals surface area contributed by atoms with Gasteiger partial charge < -0.3 is 10.5 Å². The van der Waals surface area contributed by atoms with E-state index in [-0.39, 0.29) is 5.82 Å². The van der Waals surface area contributed by atoms with Crippen molar-refractivity contribution < 1.29 is 9.13 Å². The maximum atomic E-state index is 12.8. The summed E-state index contributed by atoms with van der Waals surface area (Å²) < 4.78 is 18.2. The molecule has 5 heteroatoms. The summed E-state index contributed by atoms with van der Waals surface area (Å²) in [5.41, 5.74) is 6.13. The van der Waals surface area contributed by atoms with E-state index in [0.717, 1.165) is 12.0 Å². The van der Waals surface area contributed by atoms with Crippen LogP contribution in [0.1, 0.15) is 6.42 Å². The third kappa shape index (κ3) is 3.24. The Hall–Kier alpha value is -2.01. The van der Waals surface area contributed by atoms with Crippen molar-refractivity contribution in [3.63, 3.8) is 0 Å². The summed E-state index contributed by atoms with van der Waals surface area (Å²) in [5, 5.41) is 0. The van der Waals surface area contributed by atoms with E-state index in [2.05, 4.69) is 9.97 Å². The van der Waals surface area contributed by atoms with E-state index in [1.807, 2.05) is 0 Å². The summed E-state index contributed by atoms with van der Waals surface area (Å²) in [6, 6.07) is 6.04. The third-order valence-electron chi connectivity index (χ3n) is 2.35. The van der Waals surface area contributed by atoms with Gasteiger partial charge in [-0.2, -0.15) is 0 Å². The lowest BCUT2D eigenvalue weighted by Gasteiger charge is -2.05. The molecule has 4 nitrogen and oxygen atoms in total. The number of halogens is 1. The lowest BCUT2D eigenvalue weighted by atomic mass is 10.2. The van der Waals surface area contributed by atoms with E-state index in [4.69, 9.17) is 10.5 Å². The zero-order chi connectivity index (χ0) is 12.8. The van der Waals surface area contributed by atoms with E-state index < -0.39 is 0 Å². The van der Waals surface area contributed by atoms with Crippen molar-refractivity contribution in [3.05, 3.63) is 42.5 Å². The van der Waals surface area contributed by atoms with Gasteiger partial charge in [0.15, 0.2) is 11.6 Å². The van der Waals surface area contributed by atoms with Crippen molar-refractivity contribution >= 4 is 0 Å². The summed E-state index contributed by atoms with van der Waals surface area (Å²) in [7, 11) is 0. The summed E-state index contributed by atoms with van der Waals surface area (Å²) in [5.74, 6) is 0.871. The molecule has 0 aliphatic heterocycles. The smallest absolute Gasteiger partial charge is 0.159 e. The highest BCUT2D eigenvalue weighted by atomic mass is 19.1. The van der Waals surface area contributed by atoms with Crippen LogP contribution < -0.4 is 10.5 Å².